The van der Waals surface area contributed by atoms with E-state index < -0.39 is 10.0 Å². The lowest BCUT2D eigenvalue weighted by Crippen LogP contribution is -2.24. The molecule has 23 heavy (non-hydrogen) atoms. The van der Waals surface area contributed by atoms with Crippen LogP contribution in [-0.2, 0) is 16.6 Å². The number of nitrogens with one attached hydrogen (secondary N) is 2. The van der Waals surface area contributed by atoms with E-state index in [1.54, 1.807) is 30.6 Å². The van der Waals surface area contributed by atoms with Gasteiger partial charge in [-0.15, -0.1) is 6.58 Å². The molecular weight excluding hydrogens is 314 g/mol. The van der Waals surface area contributed by atoms with E-state index in [2.05, 4.69) is 21.6 Å². The predicted octanol–water partition coefficient (Wildman–Crippen LogP) is 1.48. The van der Waals surface area contributed by atoms with E-state index in [4.69, 9.17) is 0 Å². The number of amides is 1. The Morgan fingerprint density at radius 3 is 2.39 bits per heavy atom. The smallest absolute Gasteiger partial charge is 0.251 e. The number of pyridine rings is 1. The van der Waals surface area contributed by atoms with Gasteiger partial charge in [0.1, 0.15) is 0 Å². The van der Waals surface area contributed by atoms with Gasteiger partial charge in [0.2, 0.25) is 10.0 Å². The Balaban J connectivity index is 2.05. The first-order valence-corrected chi connectivity index (χ1v) is 8.39. The zero-order chi connectivity index (χ0) is 16.7. The third kappa shape index (κ3) is 4.73. The van der Waals surface area contributed by atoms with Gasteiger partial charge in [0.25, 0.3) is 5.91 Å². The van der Waals surface area contributed by atoms with Gasteiger partial charge >= 0.3 is 0 Å². The molecule has 0 spiro atoms. The van der Waals surface area contributed by atoms with Crippen LogP contribution in [0.25, 0.3) is 0 Å². The van der Waals surface area contributed by atoms with Crippen LogP contribution in [0.1, 0.15) is 15.9 Å². The lowest BCUT2D eigenvalue weighted by molar-refractivity contribution is 0.0958. The summed E-state index contributed by atoms with van der Waals surface area (Å²) in [7, 11) is -3.64. The van der Waals surface area contributed by atoms with Crippen LogP contribution in [0, 0.1) is 0 Å². The maximum Gasteiger partial charge on any atom is 0.251 e. The van der Waals surface area contributed by atoms with Gasteiger partial charge in [-0.3, -0.25) is 9.78 Å². The topological polar surface area (TPSA) is 88.2 Å². The van der Waals surface area contributed by atoms with E-state index in [1.807, 2.05) is 0 Å². The molecule has 6 nitrogen and oxygen atoms in total. The lowest BCUT2D eigenvalue weighted by Gasteiger charge is -2.08. The number of carbonyl (C=O) groups excluding carboxylic acids is 1. The van der Waals surface area contributed by atoms with E-state index in [9.17, 15) is 13.2 Å². The number of rotatable bonds is 7. The van der Waals surface area contributed by atoms with Crippen molar-refractivity contribution in [3.8, 4) is 0 Å². The zero-order valence-corrected chi connectivity index (χ0v) is 13.2. The number of aromatic nitrogens is 1. The maximum atomic E-state index is 12.2. The van der Waals surface area contributed by atoms with E-state index >= 15 is 0 Å². The molecule has 0 saturated heterocycles. The van der Waals surface area contributed by atoms with E-state index in [1.165, 1.54) is 24.3 Å². The quantitative estimate of drug-likeness (QED) is 0.752. The van der Waals surface area contributed by atoms with E-state index in [0.717, 1.165) is 5.56 Å². The summed E-state index contributed by atoms with van der Waals surface area (Å²) in [5.41, 5.74) is 1.20. The number of benzene rings is 1. The van der Waals surface area contributed by atoms with Crippen molar-refractivity contribution < 1.29 is 13.2 Å². The molecule has 0 aliphatic rings. The molecule has 2 rings (SSSR count). The highest BCUT2D eigenvalue weighted by Crippen LogP contribution is 2.11. The predicted molar refractivity (Wildman–Crippen MR) is 87.2 cm³/mol. The van der Waals surface area contributed by atoms with Gasteiger partial charge in [-0.05, 0) is 42.0 Å². The summed E-state index contributed by atoms with van der Waals surface area (Å²) >= 11 is 0. The highest BCUT2D eigenvalue weighted by molar-refractivity contribution is 7.89. The first-order valence-electron chi connectivity index (χ1n) is 6.90. The number of nitrogens with zero attached hydrogens (tertiary/aromatic N) is 1. The summed E-state index contributed by atoms with van der Waals surface area (Å²) in [5.74, 6) is -0.279. The molecule has 0 saturated carbocycles. The molecule has 1 amide bonds. The van der Waals surface area contributed by atoms with Gasteiger partial charge in [-0.2, -0.15) is 0 Å². The Morgan fingerprint density at radius 1 is 1.13 bits per heavy atom. The van der Waals surface area contributed by atoms with Gasteiger partial charge in [-0.25, -0.2) is 13.1 Å². The summed E-state index contributed by atoms with van der Waals surface area (Å²) in [6.07, 6.45) is 4.76. The molecule has 0 fully saturated rings. The van der Waals surface area contributed by atoms with Crippen LogP contribution >= 0.6 is 0 Å². The average Bonchev–Trinajstić information content (AvgIpc) is 2.59. The summed E-state index contributed by atoms with van der Waals surface area (Å²) in [6, 6.07) is 9.21. The average molecular weight is 331 g/mol. The highest BCUT2D eigenvalue weighted by Gasteiger charge is 2.14. The minimum atomic E-state index is -3.64. The van der Waals surface area contributed by atoms with Gasteiger partial charge < -0.3 is 5.32 Å². The summed E-state index contributed by atoms with van der Waals surface area (Å²) in [5, 5.41) is 2.63. The Kier molecular flexibility index (Phi) is 5.61. The van der Waals surface area contributed by atoms with Crippen LogP contribution in [0.4, 0.5) is 0 Å². The molecule has 120 valence electrons. The van der Waals surface area contributed by atoms with Crippen molar-refractivity contribution >= 4 is 15.9 Å². The van der Waals surface area contributed by atoms with E-state index in [0.29, 0.717) is 12.1 Å². The van der Waals surface area contributed by atoms with Crippen molar-refractivity contribution in [3.63, 3.8) is 0 Å². The summed E-state index contributed by atoms with van der Waals surface area (Å²) < 4.78 is 26.9. The second kappa shape index (κ2) is 7.66. The third-order valence-electron chi connectivity index (χ3n) is 3.05. The first kappa shape index (κ1) is 16.9. The van der Waals surface area contributed by atoms with Gasteiger partial charge in [-0.1, -0.05) is 6.08 Å². The lowest BCUT2D eigenvalue weighted by atomic mass is 10.2. The zero-order valence-electron chi connectivity index (χ0n) is 12.4. The van der Waals surface area contributed by atoms with Gasteiger partial charge in [0, 0.05) is 31.0 Å². The van der Waals surface area contributed by atoms with Crippen molar-refractivity contribution in [2.45, 2.75) is 11.4 Å². The second-order valence-corrected chi connectivity index (χ2v) is 6.47. The van der Waals surface area contributed by atoms with Crippen LogP contribution in [0.3, 0.4) is 0 Å². The fraction of sp³-hybridized carbons (Fsp3) is 0.125. The molecule has 0 radical (unpaired) electrons. The normalized spacial score (nSPS) is 11.0. The van der Waals surface area contributed by atoms with Crippen LogP contribution in [0.5, 0.6) is 0 Å². The molecule has 0 aliphatic carbocycles. The number of hydrogen-bond acceptors (Lipinski definition) is 4. The van der Waals surface area contributed by atoms with Gasteiger partial charge in [0.15, 0.2) is 0 Å². The van der Waals surface area contributed by atoms with Crippen LogP contribution in [0.2, 0.25) is 0 Å². The molecule has 7 heteroatoms. The monoisotopic (exact) mass is 331 g/mol. The largest absolute Gasteiger partial charge is 0.349 e. The molecular formula is C16H17N3O3S. The Hall–Kier alpha value is -2.51. The van der Waals surface area contributed by atoms with Crippen molar-refractivity contribution in [2.24, 2.45) is 0 Å². The highest BCUT2D eigenvalue weighted by atomic mass is 32.2. The standard InChI is InChI=1S/C16H17N3O3S/c1-2-9-18-16(20)14-3-5-15(6-4-14)23(21,22)19-12-13-7-10-17-11-8-13/h2-8,10-11,19H,1,9,12H2,(H,18,20). The fourth-order valence-electron chi connectivity index (χ4n) is 1.81. The fourth-order valence-corrected chi connectivity index (χ4v) is 2.83. The number of carbonyl (C=O) groups is 1. The molecule has 2 aromatic rings. The van der Waals surface area contributed by atoms with Crippen molar-refractivity contribution in [2.75, 3.05) is 6.54 Å². The minimum Gasteiger partial charge on any atom is -0.349 e. The van der Waals surface area contributed by atoms with Crippen molar-refractivity contribution in [3.05, 3.63) is 72.6 Å². The van der Waals surface area contributed by atoms with Crippen molar-refractivity contribution in [1.29, 1.82) is 0 Å². The molecule has 0 atom stereocenters. The Morgan fingerprint density at radius 2 is 1.78 bits per heavy atom. The van der Waals surface area contributed by atoms with Gasteiger partial charge in [0.05, 0.1) is 4.90 Å². The Labute approximate surface area is 135 Å². The molecule has 0 aliphatic heterocycles. The van der Waals surface area contributed by atoms with E-state index in [-0.39, 0.29) is 17.3 Å². The minimum absolute atomic E-state index is 0.104. The second-order valence-electron chi connectivity index (χ2n) is 4.70. The number of hydrogen-bond donors (Lipinski definition) is 2. The van der Waals surface area contributed by atoms with Crippen LogP contribution in [0.15, 0.2) is 66.3 Å². The molecule has 0 unspecified atom stereocenters. The molecule has 1 aromatic heterocycles. The molecule has 2 N–H and O–H groups in total. The summed E-state index contributed by atoms with van der Waals surface area (Å²) in [4.78, 5) is 15.7. The molecule has 0 bridgehead atoms. The SMILES string of the molecule is C=CCNC(=O)c1ccc(S(=O)(=O)NCc2ccncc2)cc1. The van der Waals surface area contributed by atoms with Crippen LogP contribution < -0.4 is 10.0 Å². The van der Waals surface area contributed by atoms with Crippen molar-refractivity contribution in [1.82, 2.24) is 15.0 Å². The maximum absolute atomic E-state index is 12.2. The Bertz CT molecular complexity index is 772. The van der Waals surface area contributed by atoms with Crippen LogP contribution in [-0.4, -0.2) is 25.9 Å². The summed E-state index contributed by atoms with van der Waals surface area (Å²) in [6.45, 7) is 4.04. The third-order valence-corrected chi connectivity index (χ3v) is 4.47. The molecule has 1 heterocycles. The first-order chi connectivity index (χ1) is 11.0. The molecule has 1 aromatic carbocycles. The number of sulfonamides is 1.